The third-order valence-electron chi connectivity index (χ3n) is 8.30. The van der Waals surface area contributed by atoms with E-state index >= 15 is 0 Å². The lowest BCUT2D eigenvalue weighted by molar-refractivity contribution is 0.0856. The van der Waals surface area contributed by atoms with Crippen LogP contribution in [0.4, 0.5) is 5.95 Å². The van der Waals surface area contributed by atoms with Crippen molar-refractivity contribution in [1.29, 1.82) is 0 Å². The number of unbranched alkanes of at least 4 members (excludes halogenated alkanes) is 1. The molecule has 1 aliphatic heterocycles. The Kier molecular flexibility index (Phi) is 7.63. The Morgan fingerprint density at radius 3 is 2.41 bits per heavy atom. The van der Waals surface area contributed by atoms with Crippen molar-refractivity contribution in [1.82, 2.24) is 9.97 Å². The zero-order chi connectivity index (χ0) is 24.3. The van der Waals surface area contributed by atoms with Gasteiger partial charge in [-0.2, -0.15) is 0 Å². The standard InChI is InChI=1S/C29H43N3O2/c1-28(2)14-15-29(3,4)25-19-22(9-10-24(25)28)26-11-16-30-27(31-26)32-17-12-21(13-18-32)7-5-6-8-23(34)20-33/h9-11,16,19,21,23,33-34H,5-8,12-15,17-18,20H2,1-4H3. The fraction of sp³-hybridized carbons (Fsp3) is 0.655. The van der Waals surface area contributed by atoms with Gasteiger partial charge in [0.25, 0.3) is 0 Å². The predicted molar refractivity (Wildman–Crippen MR) is 139 cm³/mol. The Hall–Kier alpha value is -1.98. The van der Waals surface area contributed by atoms with Gasteiger partial charge in [0.05, 0.1) is 18.4 Å². The van der Waals surface area contributed by atoms with Crippen molar-refractivity contribution in [3.63, 3.8) is 0 Å². The fourth-order valence-electron chi connectivity index (χ4n) is 5.74. The van der Waals surface area contributed by atoms with E-state index in [1.54, 1.807) is 0 Å². The topological polar surface area (TPSA) is 69.5 Å². The molecule has 5 heteroatoms. The van der Waals surface area contributed by atoms with Crippen LogP contribution in [0, 0.1) is 5.92 Å². The second kappa shape index (κ2) is 10.3. The molecule has 0 amide bonds. The van der Waals surface area contributed by atoms with Crippen LogP contribution in [0.15, 0.2) is 30.5 Å². The number of hydrogen-bond acceptors (Lipinski definition) is 5. The molecule has 2 aromatic rings. The summed E-state index contributed by atoms with van der Waals surface area (Å²) in [6, 6.07) is 8.99. The van der Waals surface area contributed by atoms with Gasteiger partial charge < -0.3 is 15.1 Å². The molecule has 1 saturated heterocycles. The minimum absolute atomic E-state index is 0.126. The first kappa shape index (κ1) is 25.1. The number of anilines is 1. The Bertz CT molecular complexity index is 964. The van der Waals surface area contributed by atoms with Crippen LogP contribution in [-0.2, 0) is 10.8 Å². The number of aliphatic hydroxyl groups excluding tert-OH is 2. The number of rotatable bonds is 8. The molecule has 0 spiro atoms. The quantitative estimate of drug-likeness (QED) is 0.495. The van der Waals surface area contributed by atoms with Crippen molar-refractivity contribution in [3.8, 4) is 11.3 Å². The number of fused-ring (bicyclic) bond motifs is 1. The summed E-state index contributed by atoms with van der Waals surface area (Å²) >= 11 is 0. The summed E-state index contributed by atoms with van der Waals surface area (Å²) in [5.74, 6) is 1.58. The molecule has 2 N–H and O–H groups in total. The molecule has 0 saturated carbocycles. The largest absolute Gasteiger partial charge is 0.394 e. The Morgan fingerprint density at radius 2 is 1.71 bits per heavy atom. The molecule has 1 fully saturated rings. The van der Waals surface area contributed by atoms with E-state index in [1.807, 2.05) is 12.3 Å². The van der Waals surface area contributed by atoms with Crippen LogP contribution in [0.1, 0.15) is 90.2 Å². The number of piperidine rings is 1. The normalized spacial score (nSPS) is 20.7. The average Bonchev–Trinajstić information content (AvgIpc) is 2.85. The van der Waals surface area contributed by atoms with Gasteiger partial charge in [0.1, 0.15) is 0 Å². The molecule has 34 heavy (non-hydrogen) atoms. The molecular weight excluding hydrogens is 422 g/mol. The Labute approximate surface area is 205 Å². The molecule has 0 radical (unpaired) electrons. The van der Waals surface area contributed by atoms with Crippen LogP contribution in [-0.4, -0.2) is 46.0 Å². The van der Waals surface area contributed by atoms with Crippen molar-refractivity contribution in [3.05, 3.63) is 41.6 Å². The highest BCUT2D eigenvalue weighted by atomic mass is 16.3. The van der Waals surface area contributed by atoms with Gasteiger partial charge in [-0.15, -0.1) is 0 Å². The SMILES string of the molecule is CC1(C)CCC(C)(C)c2cc(-c3ccnc(N4CCC(CCCCC(O)CO)CC4)n3)ccc21. The third kappa shape index (κ3) is 5.63. The lowest BCUT2D eigenvalue weighted by atomic mass is 9.63. The van der Waals surface area contributed by atoms with Gasteiger partial charge in [0, 0.05) is 24.8 Å². The summed E-state index contributed by atoms with van der Waals surface area (Å²) < 4.78 is 0. The first-order valence-corrected chi connectivity index (χ1v) is 13.2. The predicted octanol–water partition coefficient (Wildman–Crippen LogP) is 5.62. The summed E-state index contributed by atoms with van der Waals surface area (Å²) in [5.41, 5.74) is 5.56. The van der Waals surface area contributed by atoms with Crippen LogP contribution in [0.2, 0.25) is 0 Å². The fourth-order valence-corrected chi connectivity index (χ4v) is 5.74. The Morgan fingerprint density at radius 1 is 1.00 bits per heavy atom. The van der Waals surface area contributed by atoms with E-state index in [2.05, 4.69) is 55.8 Å². The maximum absolute atomic E-state index is 9.50. The second-order valence-electron chi connectivity index (χ2n) is 11.8. The molecule has 1 aliphatic carbocycles. The molecule has 2 heterocycles. The summed E-state index contributed by atoms with van der Waals surface area (Å²) in [6.07, 6.45) is 10.1. The highest BCUT2D eigenvalue weighted by Gasteiger charge is 2.37. The van der Waals surface area contributed by atoms with Crippen molar-refractivity contribution in [2.24, 2.45) is 5.92 Å². The zero-order valence-corrected chi connectivity index (χ0v) is 21.6. The maximum atomic E-state index is 9.50. The van der Waals surface area contributed by atoms with Crippen LogP contribution in [0.5, 0.6) is 0 Å². The number of nitrogens with zero attached hydrogens (tertiary/aromatic N) is 3. The minimum atomic E-state index is -0.557. The monoisotopic (exact) mass is 465 g/mol. The van der Waals surface area contributed by atoms with Gasteiger partial charge in [-0.25, -0.2) is 9.97 Å². The third-order valence-corrected chi connectivity index (χ3v) is 8.30. The highest BCUT2D eigenvalue weighted by Crippen LogP contribution is 2.46. The molecule has 4 rings (SSSR count). The van der Waals surface area contributed by atoms with Gasteiger partial charge in [-0.3, -0.25) is 0 Å². The first-order chi connectivity index (χ1) is 16.2. The van der Waals surface area contributed by atoms with E-state index in [1.165, 1.54) is 36.0 Å². The molecule has 1 unspecified atom stereocenters. The van der Waals surface area contributed by atoms with E-state index in [9.17, 15) is 5.11 Å². The minimum Gasteiger partial charge on any atom is -0.394 e. The number of aliphatic hydroxyl groups is 2. The highest BCUT2D eigenvalue weighted by molar-refractivity contribution is 5.64. The summed E-state index contributed by atoms with van der Waals surface area (Å²) in [4.78, 5) is 11.9. The lowest BCUT2D eigenvalue weighted by Crippen LogP contribution is -2.35. The van der Waals surface area contributed by atoms with Crippen molar-refractivity contribution in [2.75, 3.05) is 24.6 Å². The summed E-state index contributed by atoms with van der Waals surface area (Å²) in [7, 11) is 0. The molecular formula is C29H43N3O2. The molecule has 1 atom stereocenters. The summed E-state index contributed by atoms with van der Waals surface area (Å²) in [6.45, 7) is 11.3. The number of hydrogen-bond donors (Lipinski definition) is 2. The van der Waals surface area contributed by atoms with Gasteiger partial charge in [0.2, 0.25) is 5.95 Å². The van der Waals surface area contributed by atoms with E-state index in [0.717, 1.165) is 56.3 Å². The molecule has 5 nitrogen and oxygen atoms in total. The second-order valence-corrected chi connectivity index (χ2v) is 11.8. The van der Waals surface area contributed by atoms with Gasteiger partial charge in [-0.1, -0.05) is 59.1 Å². The van der Waals surface area contributed by atoms with Gasteiger partial charge >= 0.3 is 0 Å². The maximum Gasteiger partial charge on any atom is 0.225 e. The molecule has 0 bridgehead atoms. The molecule has 186 valence electrons. The van der Waals surface area contributed by atoms with Gasteiger partial charge in [-0.05, 0) is 72.1 Å². The van der Waals surface area contributed by atoms with E-state index < -0.39 is 6.10 Å². The molecule has 2 aliphatic rings. The number of benzene rings is 1. The first-order valence-electron chi connectivity index (χ1n) is 13.2. The lowest BCUT2D eigenvalue weighted by Gasteiger charge is -2.42. The zero-order valence-electron chi connectivity index (χ0n) is 21.6. The smallest absolute Gasteiger partial charge is 0.225 e. The van der Waals surface area contributed by atoms with Crippen molar-refractivity contribution < 1.29 is 10.2 Å². The average molecular weight is 466 g/mol. The molecule has 1 aromatic carbocycles. The van der Waals surface area contributed by atoms with Crippen LogP contribution < -0.4 is 4.90 Å². The summed E-state index contributed by atoms with van der Waals surface area (Å²) in [5, 5.41) is 18.4. The van der Waals surface area contributed by atoms with E-state index in [-0.39, 0.29) is 17.4 Å². The van der Waals surface area contributed by atoms with Crippen molar-refractivity contribution >= 4 is 5.95 Å². The van der Waals surface area contributed by atoms with Gasteiger partial charge in [0.15, 0.2) is 0 Å². The van der Waals surface area contributed by atoms with Crippen molar-refractivity contribution in [2.45, 2.75) is 96.0 Å². The van der Waals surface area contributed by atoms with Crippen LogP contribution in [0.3, 0.4) is 0 Å². The van der Waals surface area contributed by atoms with Crippen LogP contribution >= 0.6 is 0 Å². The number of aromatic nitrogens is 2. The molecule has 1 aromatic heterocycles. The van der Waals surface area contributed by atoms with E-state index in [4.69, 9.17) is 10.1 Å². The Balaban J connectivity index is 1.41. The van der Waals surface area contributed by atoms with Crippen LogP contribution in [0.25, 0.3) is 11.3 Å². The van der Waals surface area contributed by atoms with E-state index in [0.29, 0.717) is 6.42 Å².